The zero-order valence-corrected chi connectivity index (χ0v) is 20.8. The molecule has 1 heterocycles. The van der Waals surface area contributed by atoms with Crippen LogP contribution in [-0.2, 0) is 0 Å². The van der Waals surface area contributed by atoms with Gasteiger partial charge in [-0.1, -0.05) is 85.5 Å². The lowest BCUT2D eigenvalue weighted by Gasteiger charge is -2.22. The van der Waals surface area contributed by atoms with Crippen molar-refractivity contribution in [1.82, 2.24) is 0 Å². The van der Waals surface area contributed by atoms with E-state index in [2.05, 4.69) is 76.8 Å². The van der Waals surface area contributed by atoms with E-state index in [-0.39, 0.29) is 0 Å². The highest BCUT2D eigenvalue weighted by molar-refractivity contribution is 7.80. The lowest BCUT2D eigenvalue weighted by molar-refractivity contribution is 0.513. The molecule has 2 unspecified atom stereocenters. The molecular formula is C25H48N2S. The summed E-state index contributed by atoms with van der Waals surface area (Å²) in [6.07, 6.45) is 14.7. The monoisotopic (exact) mass is 408 g/mol. The van der Waals surface area contributed by atoms with Gasteiger partial charge in [0.1, 0.15) is 0 Å². The molecule has 0 bridgehead atoms. The standard InChI is InChI=1S/C18H30N2.C4H10S.C3H8/c1-6-7-10-14(2)16(4)15(3)13-18(19-5)17-11-8-9-12-20-17;1-2-3-4-5;1-3-2/h9,12,14-15H,4,6-8,10-11,13H2,1-3,5H3;5H,2-4H2,1H3;3H2,1-2H3. The van der Waals surface area contributed by atoms with Crippen LogP contribution in [-0.4, -0.2) is 24.2 Å². The highest BCUT2D eigenvalue weighted by Gasteiger charge is 2.18. The Morgan fingerprint density at radius 1 is 1.14 bits per heavy atom. The summed E-state index contributed by atoms with van der Waals surface area (Å²) in [5.74, 6) is 2.13. The first-order valence-corrected chi connectivity index (χ1v) is 12.0. The Hall–Kier alpha value is -0.830. The summed E-state index contributed by atoms with van der Waals surface area (Å²) in [4.78, 5) is 8.95. The van der Waals surface area contributed by atoms with Gasteiger partial charge in [0.2, 0.25) is 0 Å². The molecule has 0 amide bonds. The van der Waals surface area contributed by atoms with Gasteiger partial charge >= 0.3 is 0 Å². The fourth-order valence-electron chi connectivity index (χ4n) is 2.82. The molecule has 1 aliphatic heterocycles. The molecule has 3 heteroatoms. The summed E-state index contributed by atoms with van der Waals surface area (Å²) in [5, 5.41) is 0. The molecule has 1 rings (SSSR count). The van der Waals surface area contributed by atoms with Crippen molar-refractivity contribution in [3.8, 4) is 0 Å². The Morgan fingerprint density at radius 3 is 2.14 bits per heavy atom. The van der Waals surface area contributed by atoms with Crippen LogP contribution in [0.2, 0.25) is 0 Å². The SMILES string of the molecule is C=C(C(C)CCCC)C(C)CC(=NC)C1=NC=CCC1.CCC.CCCCS. The molecule has 1 aliphatic rings. The van der Waals surface area contributed by atoms with Crippen LogP contribution in [0.25, 0.3) is 0 Å². The number of hydrogen-bond donors (Lipinski definition) is 1. The fourth-order valence-corrected chi connectivity index (χ4v) is 3.14. The van der Waals surface area contributed by atoms with Gasteiger partial charge in [0, 0.05) is 13.2 Å². The van der Waals surface area contributed by atoms with Crippen molar-refractivity contribution in [2.75, 3.05) is 12.8 Å². The number of hydrogen-bond acceptors (Lipinski definition) is 3. The summed E-state index contributed by atoms with van der Waals surface area (Å²) in [7, 11) is 1.88. The van der Waals surface area contributed by atoms with E-state index in [9.17, 15) is 0 Å². The number of rotatable bonds is 10. The van der Waals surface area contributed by atoms with E-state index in [4.69, 9.17) is 0 Å². The van der Waals surface area contributed by atoms with Crippen molar-refractivity contribution in [2.45, 2.75) is 99.3 Å². The maximum atomic E-state index is 4.48. The van der Waals surface area contributed by atoms with Crippen LogP contribution in [0.4, 0.5) is 0 Å². The van der Waals surface area contributed by atoms with Gasteiger partial charge in [0.15, 0.2) is 0 Å². The molecule has 28 heavy (non-hydrogen) atoms. The number of thiol groups is 1. The third-order valence-corrected chi connectivity index (χ3v) is 5.07. The Bertz CT molecular complexity index is 461. The van der Waals surface area contributed by atoms with Crippen molar-refractivity contribution in [1.29, 1.82) is 0 Å². The minimum atomic E-state index is 0.481. The van der Waals surface area contributed by atoms with E-state index in [1.165, 1.54) is 44.1 Å². The quantitative estimate of drug-likeness (QED) is 0.213. The zero-order valence-electron chi connectivity index (χ0n) is 19.9. The van der Waals surface area contributed by atoms with Gasteiger partial charge in [-0.25, -0.2) is 0 Å². The van der Waals surface area contributed by atoms with Gasteiger partial charge in [-0.05, 0) is 49.7 Å². The van der Waals surface area contributed by atoms with Gasteiger partial charge in [-0.3, -0.25) is 9.98 Å². The molecule has 0 saturated carbocycles. The predicted molar refractivity (Wildman–Crippen MR) is 136 cm³/mol. The molecule has 0 aromatic heterocycles. The molecule has 0 saturated heterocycles. The van der Waals surface area contributed by atoms with Crippen molar-refractivity contribution in [3.63, 3.8) is 0 Å². The van der Waals surface area contributed by atoms with Gasteiger partial charge in [-0.15, -0.1) is 0 Å². The number of aliphatic imine (C=N–C) groups is 2. The second kappa shape index (κ2) is 20.9. The topological polar surface area (TPSA) is 24.7 Å². The van der Waals surface area contributed by atoms with Crippen LogP contribution in [0.5, 0.6) is 0 Å². The van der Waals surface area contributed by atoms with Crippen LogP contribution in [0, 0.1) is 11.8 Å². The van der Waals surface area contributed by atoms with Crippen LogP contribution >= 0.6 is 12.6 Å². The molecule has 0 spiro atoms. The number of nitrogens with zero attached hydrogens (tertiary/aromatic N) is 2. The molecule has 0 N–H and O–H groups in total. The summed E-state index contributed by atoms with van der Waals surface area (Å²) in [6, 6.07) is 0. The van der Waals surface area contributed by atoms with Gasteiger partial charge in [-0.2, -0.15) is 12.6 Å². The predicted octanol–water partition coefficient (Wildman–Crippen LogP) is 8.35. The van der Waals surface area contributed by atoms with Crippen LogP contribution < -0.4 is 0 Å². The van der Waals surface area contributed by atoms with E-state index in [1.807, 2.05) is 13.2 Å². The maximum Gasteiger partial charge on any atom is 0.0616 e. The molecule has 0 radical (unpaired) electrons. The average molecular weight is 409 g/mol. The first-order valence-electron chi connectivity index (χ1n) is 11.4. The molecule has 0 aromatic carbocycles. The van der Waals surface area contributed by atoms with E-state index in [0.29, 0.717) is 11.8 Å². The molecular weight excluding hydrogens is 360 g/mol. The first kappa shape index (κ1) is 29.4. The van der Waals surface area contributed by atoms with Crippen molar-refractivity contribution in [3.05, 3.63) is 24.4 Å². The number of allylic oxidation sites excluding steroid dienone is 2. The second-order valence-corrected chi connectivity index (χ2v) is 8.12. The molecule has 0 aromatic rings. The highest BCUT2D eigenvalue weighted by atomic mass is 32.1. The van der Waals surface area contributed by atoms with Crippen molar-refractivity contribution in [2.24, 2.45) is 21.8 Å². The molecule has 0 aliphatic carbocycles. The van der Waals surface area contributed by atoms with E-state index in [0.717, 1.165) is 36.4 Å². The Labute approximate surface area is 182 Å². The Morgan fingerprint density at radius 2 is 1.75 bits per heavy atom. The van der Waals surface area contributed by atoms with Gasteiger partial charge < -0.3 is 0 Å². The summed E-state index contributed by atoms with van der Waals surface area (Å²) < 4.78 is 0. The minimum absolute atomic E-state index is 0.481. The van der Waals surface area contributed by atoms with Crippen LogP contribution in [0.1, 0.15) is 99.3 Å². The Kier molecular flexibility index (Phi) is 21.9. The molecule has 164 valence electrons. The summed E-state index contributed by atoms with van der Waals surface area (Å²) in [5.41, 5.74) is 3.69. The maximum absolute atomic E-state index is 4.48. The zero-order chi connectivity index (χ0) is 21.8. The number of unbranched alkanes of at least 4 members (excludes halogenated alkanes) is 2. The summed E-state index contributed by atoms with van der Waals surface area (Å²) in [6.45, 7) is 17.6. The van der Waals surface area contributed by atoms with E-state index >= 15 is 0 Å². The first-order chi connectivity index (χ1) is 13.4. The van der Waals surface area contributed by atoms with Gasteiger partial charge in [0.05, 0.1) is 11.4 Å². The third-order valence-electron chi connectivity index (χ3n) is 4.75. The molecule has 2 atom stereocenters. The van der Waals surface area contributed by atoms with Crippen molar-refractivity contribution < 1.29 is 0 Å². The molecule has 2 nitrogen and oxygen atoms in total. The minimum Gasteiger partial charge on any atom is -0.291 e. The highest BCUT2D eigenvalue weighted by Crippen LogP contribution is 2.26. The van der Waals surface area contributed by atoms with Gasteiger partial charge in [0.25, 0.3) is 0 Å². The fraction of sp³-hybridized carbons (Fsp3) is 0.760. The third kappa shape index (κ3) is 15.1. The molecule has 0 fully saturated rings. The smallest absolute Gasteiger partial charge is 0.0616 e. The lowest BCUT2D eigenvalue weighted by atomic mass is 9.84. The van der Waals surface area contributed by atoms with Crippen LogP contribution in [0.3, 0.4) is 0 Å². The summed E-state index contributed by atoms with van der Waals surface area (Å²) >= 11 is 4.00. The Balaban J connectivity index is 0. The average Bonchev–Trinajstić information content (AvgIpc) is 2.71. The van der Waals surface area contributed by atoms with Crippen molar-refractivity contribution >= 4 is 24.1 Å². The van der Waals surface area contributed by atoms with E-state index in [1.54, 1.807) is 0 Å². The van der Waals surface area contributed by atoms with Crippen LogP contribution in [0.15, 0.2) is 34.4 Å². The largest absolute Gasteiger partial charge is 0.291 e. The second-order valence-electron chi connectivity index (χ2n) is 7.68. The lowest BCUT2D eigenvalue weighted by Crippen LogP contribution is -2.20. The normalized spacial score (nSPS) is 15.4. The van der Waals surface area contributed by atoms with E-state index < -0.39 is 0 Å².